The van der Waals surface area contributed by atoms with Crippen LogP contribution in [0, 0.1) is 0 Å². The first kappa shape index (κ1) is 12.8. The molecule has 102 valence electrons. The Morgan fingerprint density at radius 3 is 2.90 bits per heavy atom. The summed E-state index contributed by atoms with van der Waals surface area (Å²) in [6.45, 7) is 2.36. The predicted molar refractivity (Wildman–Crippen MR) is 79.4 cm³/mol. The van der Waals surface area contributed by atoms with Crippen LogP contribution in [0.25, 0.3) is 22.4 Å². The highest BCUT2D eigenvalue weighted by molar-refractivity contribution is 6.31. The number of ether oxygens (including phenoxy) is 1. The van der Waals surface area contributed by atoms with E-state index in [4.69, 9.17) is 16.3 Å². The lowest BCUT2D eigenvalue weighted by Crippen LogP contribution is -1.92. The fourth-order valence-corrected chi connectivity index (χ4v) is 2.22. The van der Waals surface area contributed by atoms with Crippen molar-refractivity contribution >= 4 is 22.6 Å². The molecule has 3 aromatic rings. The highest BCUT2D eigenvalue weighted by Gasteiger charge is 2.09. The van der Waals surface area contributed by atoms with Crippen LogP contribution in [0.4, 0.5) is 0 Å². The minimum absolute atomic E-state index is 0.120. The molecule has 0 radical (unpaired) electrons. The van der Waals surface area contributed by atoms with Gasteiger partial charge in [0.15, 0.2) is 11.5 Å². The molecule has 2 aromatic carbocycles. The van der Waals surface area contributed by atoms with Gasteiger partial charge in [-0.15, -0.1) is 0 Å². The largest absolute Gasteiger partial charge is 0.504 e. The molecule has 1 aromatic heterocycles. The molecule has 2 N–H and O–H groups in total. The van der Waals surface area contributed by atoms with Gasteiger partial charge in [0.05, 0.1) is 17.6 Å². The third-order valence-electron chi connectivity index (χ3n) is 2.98. The molecule has 5 heteroatoms. The first-order chi connectivity index (χ1) is 9.67. The Morgan fingerprint density at radius 2 is 2.10 bits per heavy atom. The molecule has 0 aliphatic carbocycles. The number of aromatic amines is 1. The number of phenolic OH excluding ortho intramolecular Hbond substituents is 1. The highest BCUT2D eigenvalue weighted by Crippen LogP contribution is 2.31. The van der Waals surface area contributed by atoms with Crippen molar-refractivity contribution in [1.29, 1.82) is 0 Å². The third kappa shape index (κ3) is 2.30. The maximum Gasteiger partial charge on any atom is 0.161 e. The second kappa shape index (κ2) is 5.06. The van der Waals surface area contributed by atoms with Crippen LogP contribution in [-0.4, -0.2) is 21.7 Å². The van der Waals surface area contributed by atoms with Crippen molar-refractivity contribution < 1.29 is 9.84 Å². The molecule has 0 aliphatic rings. The van der Waals surface area contributed by atoms with Crippen molar-refractivity contribution in [3.05, 3.63) is 41.4 Å². The van der Waals surface area contributed by atoms with Crippen LogP contribution in [0.3, 0.4) is 0 Å². The third-order valence-corrected chi connectivity index (χ3v) is 3.21. The molecule has 1 heterocycles. The van der Waals surface area contributed by atoms with Crippen molar-refractivity contribution in [3.8, 4) is 22.9 Å². The van der Waals surface area contributed by atoms with Gasteiger partial charge in [-0.2, -0.15) is 0 Å². The van der Waals surface area contributed by atoms with Crippen LogP contribution in [-0.2, 0) is 0 Å². The number of imidazole rings is 1. The van der Waals surface area contributed by atoms with Crippen LogP contribution >= 0.6 is 11.6 Å². The van der Waals surface area contributed by atoms with Crippen molar-refractivity contribution in [2.24, 2.45) is 0 Å². The van der Waals surface area contributed by atoms with Gasteiger partial charge in [-0.25, -0.2) is 4.98 Å². The first-order valence-electron chi connectivity index (χ1n) is 6.29. The molecule has 0 unspecified atom stereocenters. The Morgan fingerprint density at radius 1 is 1.25 bits per heavy atom. The van der Waals surface area contributed by atoms with Gasteiger partial charge >= 0.3 is 0 Å². The fourth-order valence-electron chi connectivity index (χ4n) is 2.05. The summed E-state index contributed by atoms with van der Waals surface area (Å²) >= 11 is 5.96. The zero-order valence-corrected chi connectivity index (χ0v) is 11.6. The summed E-state index contributed by atoms with van der Waals surface area (Å²) in [7, 11) is 0. The maximum absolute atomic E-state index is 9.72. The number of fused-ring (bicyclic) bond motifs is 1. The average molecular weight is 289 g/mol. The molecule has 0 bridgehead atoms. The van der Waals surface area contributed by atoms with Gasteiger partial charge < -0.3 is 14.8 Å². The highest BCUT2D eigenvalue weighted by atomic mass is 35.5. The van der Waals surface area contributed by atoms with E-state index in [0.29, 0.717) is 23.2 Å². The summed E-state index contributed by atoms with van der Waals surface area (Å²) in [4.78, 5) is 7.71. The van der Waals surface area contributed by atoms with E-state index in [1.807, 2.05) is 19.1 Å². The first-order valence-corrected chi connectivity index (χ1v) is 6.66. The van der Waals surface area contributed by atoms with Crippen LogP contribution in [0.15, 0.2) is 36.4 Å². The Bertz CT molecular complexity index is 768. The lowest BCUT2D eigenvalue weighted by Gasteiger charge is -2.06. The summed E-state index contributed by atoms with van der Waals surface area (Å²) in [5.74, 6) is 1.28. The summed E-state index contributed by atoms with van der Waals surface area (Å²) in [6, 6.07) is 10.6. The lowest BCUT2D eigenvalue weighted by atomic mass is 10.2. The van der Waals surface area contributed by atoms with Gasteiger partial charge in [0.1, 0.15) is 5.82 Å². The van der Waals surface area contributed by atoms with Gasteiger partial charge in [-0.05, 0) is 43.3 Å². The Hall–Kier alpha value is -2.20. The zero-order chi connectivity index (χ0) is 14.1. The second-order valence-corrected chi connectivity index (χ2v) is 4.80. The monoisotopic (exact) mass is 288 g/mol. The fraction of sp³-hybridized carbons (Fsp3) is 0.133. The van der Waals surface area contributed by atoms with Crippen molar-refractivity contribution in [2.75, 3.05) is 6.61 Å². The number of nitrogens with one attached hydrogen (secondary N) is 1. The van der Waals surface area contributed by atoms with E-state index in [1.165, 1.54) is 0 Å². The molecule has 0 saturated heterocycles. The molecule has 0 saturated carbocycles. The molecule has 20 heavy (non-hydrogen) atoms. The normalized spacial score (nSPS) is 10.9. The van der Waals surface area contributed by atoms with Crippen molar-refractivity contribution in [1.82, 2.24) is 9.97 Å². The zero-order valence-electron chi connectivity index (χ0n) is 10.9. The SMILES string of the molecule is CCOc1cc(-c2nc3ccc(Cl)cc3[nH]2)ccc1O. The molecule has 3 rings (SSSR count). The van der Waals surface area contributed by atoms with Crippen LogP contribution < -0.4 is 4.74 Å². The number of halogens is 1. The van der Waals surface area contributed by atoms with Crippen LogP contribution in [0.5, 0.6) is 11.5 Å². The number of H-pyrrole nitrogens is 1. The molecule has 0 aliphatic heterocycles. The summed E-state index contributed by atoms with van der Waals surface area (Å²) in [5, 5.41) is 10.4. The minimum Gasteiger partial charge on any atom is -0.504 e. The van der Waals surface area contributed by atoms with E-state index >= 15 is 0 Å². The molecule has 0 fully saturated rings. The number of aromatic hydroxyl groups is 1. The smallest absolute Gasteiger partial charge is 0.161 e. The number of benzene rings is 2. The van der Waals surface area contributed by atoms with Gasteiger partial charge in [0.2, 0.25) is 0 Å². The van der Waals surface area contributed by atoms with Crippen LogP contribution in [0.1, 0.15) is 6.92 Å². The standard InChI is InChI=1S/C15H13ClN2O2/c1-2-20-14-7-9(3-6-13(14)19)15-17-11-5-4-10(16)8-12(11)18-15/h3-8,19H,2H2,1H3,(H,17,18). The molecular weight excluding hydrogens is 276 g/mol. The summed E-state index contributed by atoms with van der Waals surface area (Å²) < 4.78 is 5.38. The molecule has 0 spiro atoms. The summed E-state index contributed by atoms with van der Waals surface area (Å²) in [5.41, 5.74) is 2.56. The van der Waals surface area contributed by atoms with Gasteiger partial charge in [-0.1, -0.05) is 11.6 Å². The van der Waals surface area contributed by atoms with Crippen molar-refractivity contribution in [2.45, 2.75) is 6.92 Å². The maximum atomic E-state index is 9.72. The number of aromatic nitrogens is 2. The number of nitrogens with zero attached hydrogens (tertiary/aromatic N) is 1. The molecule has 0 atom stereocenters. The Balaban J connectivity index is 2.08. The van der Waals surface area contributed by atoms with Gasteiger partial charge in [0, 0.05) is 10.6 Å². The van der Waals surface area contributed by atoms with Gasteiger partial charge in [0.25, 0.3) is 0 Å². The predicted octanol–water partition coefficient (Wildman–Crippen LogP) is 3.99. The second-order valence-electron chi connectivity index (χ2n) is 4.36. The van der Waals surface area contributed by atoms with E-state index in [9.17, 15) is 5.11 Å². The van der Waals surface area contributed by atoms with Gasteiger partial charge in [-0.3, -0.25) is 0 Å². The Labute approximate surface area is 121 Å². The topological polar surface area (TPSA) is 58.1 Å². The summed E-state index contributed by atoms with van der Waals surface area (Å²) in [6.07, 6.45) is 0. The van der Waals surface area contributed by atoms with E-state index < -0.39 is 0 Å². The number of rotatable bonds is 3. The van der Waals surface area contributed by atoms with E-state index in [2.05, 4.69) is 9.97 Å². The Kier molecular flexibility index (Phi) is 3.24. The number of hydrogen-bond donors (Lipinski definition) is 2. The van der Waals surface area contributed by atoms with E-state index in [-0.39, 0.29) is 5.75 Å². The van der Waals surface area contributed by atoms with E-state index in [0.717, 1.165) is 16.6 Å². The number of phenols is 1. The average Bonchev–Trinajstić information content (AvgIpc) is 2.84. The van der Waals surface area contributed by atoms with Crippen LogP contribution in [0.2, 0.25) is 5.02 Å². The quantitative estimate of drug-likeness (QED) is 0.766. The molecule has 0 amide bonds. The molecule has 4 nitrogen and oxygen atoms in total. The van der Waals surface area contributed by atoms with E-state index in [1.54, 1.807) is 24.3 Å². The molecular formula is C15H13ClN2O2. The minimum atomic E-state index is 0.120. The van der Waals surface area contributed by atoms with Crippen molar-refractivity contribution in [3.63, 3.8) is 0 Å². The lowest BCUT2D eigenvalue weighted by molar-refractivity contribution is 0.318. The number of hydrogen-bond acceptors (Lipinski definition) is 3.